The van der Waals surface area contributed by atoms with E-state index < -0.39 is 5.97 Å². The molecule has 3 aromatic rings. The summed E-state index contributed by atoms with van der Waals surface area (Å²) in [6.45, 7) is 0. The lowest BCUT2D eigenvalue weighted by Crippen LogP contribution is -2.22. The highest BCUT2D eigenvalue weighted by Crippen LogP contribution is 2.30. The lowest BCUT2D eigenvalue weighted by Gasteiger charge is -2.10. The van der Waals surface area contributed by atoms with Gasteiger partial charge in [0, 0.05) is 29.6 Å². The SMILES string of the molecule is COc1ccc(/C=C(\CC(=O)[O-])c2nc3ccccc3o2)c(OC)c1. The van der Waals surface area contributed by atoms with Crippen LogP contribution >= 0.6 is 0 Å². The minimum Gasteiger partial charge on any atom is -0.550 e. The Hall–Kier alpha value is -3.28. The lowest BCUT2D eigenvalue weighted by atomic mass is 10.1. The van der Waals surface area contributed by atoms with Crippen molar-refractivity contribution in [3.63, 3.8) is 0 Å². The number of hydrogen-bond donors (Lipinski definition) is 0. The van der Waals surface area contributed by atoms with Crippen LogP contribution in [0.5, 0.6) is 11.5 Å². The number of rotatable bonds is 6. The summed E-state index contributed by atoms with van der Waals surface area (Å²) in [6, 6.07) is 12.5. The van der Waals surface area contributed by atoms with Crippen molar-refractivity contribution in [1.29, 1.82) is 0 Å². The number of ether oxygens (including phenoxy) is 2. The number of fused-ring (bicyclic) bond motifs is 1. The van der Waals surface area contributed by atoms with Gasteiger partial charge in [0.2, 0.25) is 5.89 Å². The predicted molar refractivity (Wildman–Crippen MR) is 91.1 cm³/mol. The number of benzene rings is 2. The first-order valence-corrected chi connectivity index (χ1v) is 7.59. The first kappa shape index (κ1) is 16.6. The van der Waals surface area contributed by atoms with Crippen LogP contribution < -0.4 is 14.6 Å². The molecule has 0 bridgehead atoms. The summed E-state index contributed by atoms with van der Waals surface area (Å²) in [5, 5.41) is 11.2. The number of nitrogens with zero attached hydrogens (tertiary/aromatic N) is 1. The Labute approximate surface area is 144 Å². The van der Waals surface area contributed by atoms with Gasteiger partial charge in [0.05, 0.1) is 14.2 Å². The van der Waals surface area contributed by atoms with Gasteiger partial charge in [-0.2, -0.15) is 0 Å². The summed E-state index contributed by atoms with van der Waals surface area (Å²) in [7, 11) is 3.09. The molecule has 0 aliphatic carbocycles. The number of carboxylic acid groups (broad SMARTS) is 1. The van der Waals surface area contributed by atoms with Gasteiger partial charge in [0.15, 0.2) is 5.58 Å². The van der Waals surface area contributed by atoms with Crippen molar-refractivity contribution in [2.24, 2.45) is 0 Å². The maximum atomic E-state index is 11.2. The summed E-state index contributed by atoms with van der Waals surface area (Å²) in [5.41, 5.74) is 2.31. The number of methoxy groups -OCH3 is 2. The maximum Gasteiger partial charge on any atom is 0.223 e. The molecule has 2 aromatic carbocycles. The monoisotopic (exact) mass is 338 g/mol. The van der Waals surface area contributed by atoms with E-state index >= 15 is 0 Å². The van der Waals surface area contributed by atoms with E-state index in [1.54, 1.807) is 43.5 Å². The number of oxazole rings is 1. The number of carbonyl (C=O) groups is 1. The zero-order valence-corrected chi connectivity index (χ0v) is 13.8. The Morgan fingerprint density at radius 3 is 2.68 bits per heavy atom. The van der Waals surface area contributed by atoms with Crippen LogP contribution in [0, 0.1) is 0 Å². The zero-order valence-electron chi connectivity index (χ0n) is 13.8. The van der Waals surface area contributed by atoms with Crippen LogP contribution in [0.1, 0.15) is 17.9 Å². The molecule has 0 saturated heterocycles. The maximum absolute atomic E-state index is 11.2. The van der Waals surface area contributed by atoms with Crippen LogP contribution in [-0.2, 0) is 4.79 Å². The van der Waals surface area contributed by atoms with Crippen LogP contribution in [0.2, 0.25) is 0 Å². The minimum atomic E-state index is -1.22. The van der Waals surface area contributed by atoms with E-state index in [4.69, 9.17) is 13.9 Å². The highest BCUT2D eigenvalue weighted by atomic mass is 16.5. The number of hydrogen-bond acceptors (Lipinski definition) is 6. The van der Waals surface area contributed by atoms with E-state index in [1.807, 2.05) is 12.1 Å². The third kappa shape index (κ3) is 3.63. The Morgan fingerprint density at radius 1 is 1.20 bits per heavy atom. The van der Waals surface area contributed by atoms with E-state index in [0.29, 0.717) is 33.7 Å². The van der Waals surface area contributed by atoms with Gasteiger partial charge in [-0.15, -0.1) is 0 Å². The van der Waals surface area contributed by atoms with Crippen molar-refractivity contribution in [3.05, 3.63) is 53.9 Å². The van der Waals surface area contributed by atoms with Crippen LogP contribution in [0.25, 0.3) is 22.7 Å². The highest BCUT2D eigenvalue weighted by molar-refractivity contribution is 5.91. The van der Waals surface area contributed by atoms with Gasteiger partial charge in [0.1, 0.15) is 17.0 Å². The second-order valence-corrected chi connectivity index (χ2v) is 5.31. The van der Waals surface area contributed by atoms with Gasteiger partial charge in [-0.1, -0.05) is 12.1 Å². The molecule has 128 valence electrons. The molecule has 1 heterocycles. The van der Waals surface area contributed by atoms with E-state index in [-0.39, 0.29) is 12.3 Å². The number of carbonyl (C=O) groups excluding carboxylic acids is 1. The third-order valence-corrected chi connectivity index (χ3v) is 3.67. The average Bonchev–Trinajstić information content (AvgIpc) is 3.05. The Bertz CT molecular complexity index is 909. The number of aromatic nitrogens is 1. The molecule has 0 aliphatic rings. The summed E-state index contributed by atoms with van der Waals surface area (Å²) in [6.07, 6.45) is 1.33. The summed E-state index contributed by atoms with van der Waals surface area (Å²) < 4.78 is 16.2. The number of aliphatic carboxylic acids is 1. The molecular formula is C19H16NO5-. The molecule has 0 N–H and O–H groups in total. The topological polar surface area (TPSA) is 84.6 Å². The number of carboxylic acids is 1. The van der Waals surface area contributed by atoms with E-state index in [2.05, 4.69) is 4.98 Å². The highest BCUT2D eigenvalue weighted by Gasteiger charge is 2.13. The van der Waals surface area contributed by atoms with E-state index in [9.17, 15) is 9.90 Å². The van der Waals surface area contributed by atoms with Gasteiger partial charge in [-0.3, -0.25) is 0 Å². The standard InChI is InChI=1S/C19H17NO5/c1-23-14-8-7-12(17(11-14)24-2)9-13(10-18(21)22)19-20-15-5-3-4-6-16(15)25-19/h3-9,11H,10H2,1-2H3,(H,21,22)/p-1/b13-9+. The lowest BCUT2D eigenvalue weighted by molar-refractivity contribution is -0.304. The molecule has 0 aliphatic heterocycles. The first-order valence-electron chi connectivity index (χ1n) is 7.59. The molecule has 0 radical (unpaired) electrons. The van der Waals surface area contributed by atoms with Gasteiger partial charge in [0.25, 0.3) is 0 Å². The fourth-order valence-corrected chi connectivity index (χ4v) is 2.48. The van der Waals surface area contributed by atoms with Crippen LogP contribution in [0.3, 0.4) is 0 Å². The second kappa shape index (κ2) is 7.09. The molecule has 0 unspecified atom stereocenters. The molecule has 6 heteroatoms. The third-order valence-electron chi connectivity index (χ3n) is 3.67. The fraction of sp³-hybridized carbons (Fsp3) is 0.158. The second-order valence-electron chi connectivity index (χ2n) is 5.31. The zero-order chi connectivity index (χ0) is 17.8. The van der Waals surface area contributed by atoms with Gasteiger partial charge >= 0.3 is 0 Å². The van der Waals surface area contributed by atoms with Crippen molar-refractivity contribution in [1.82, 2.24) is 4.98 Å². The molecule has 0 amide bonds. The Balaban J connectivity index is 2.09. The largest absolute Gasteiger partial charge is 0.550 e. The van der Waals surface area contributed by atoms with E-state index in [1.165, 1.54) is 7.11 Å². The molecule has 1 aromatic heterocycles. The predicted octanol–water partition coefficient (Wildman–Crippen LogP) is 2.53. The van der Waals surface area contributed by atoms with Crippen molar-refractivity contribution in [2.45, 2.75) is 6.42 Å². The van der Waals surface area contributed by atoms with Gasteiger partial charge in [-0.25, -0.2) is 4.98 Å². The van der Waals surface area contributed by atoms with Crippen molar-refractivity contribution < 1.29 is 23.8 Å². The van der Waals surface area contributed by atoms with Crippen molar-refractivity contribution >= 4 is 28.7 Å². The number of para-hydroxylation sites is 2. The van der Waals surface area contributed by atoms with Crippen LogP contribution in [-0.4, -0.2) is 25.2 Å². The summed E-state index contributed by atoms with van der Waals surface area (Å²) in [5.74, 6) is 0.202. The van der Waals surface area contributed by atoms with Crippen LogP contribution in [0.4, 0.5) is 0 Å². The Kier molecular flexibility index (Phi) is 4.70. The van der Waals surface area contributed by atoms with Gasteiger partial charge < -0.3 is 23.8 Å². The average molecular weight is 338 g/mol. The van der Waals surface area contributed by atoms with E-state index in [0.717, 1.165) is 0 Å². The Morgan fingerprint density at radius 2 is 2.00 bits per heavy atom. The van der Waals surface area contributed by atoms with Gasteiger partial charge in [-0.05, 0) is 30.3 Å². The fourth-order valence-electron chi connectivity index (χ4n) is 2.48. The first-order chi connectivity index (χ1) is 12.1. The van der Waals surface area contributed by atoms with Crippen molar-refractivity contribution in [2.75, 3.05) is 14.2 Å². The molecule has 3 rings (SSSR count). The molecule has 0 saturated carbocycles. The summed E-state index contributed by atoms with van der Waals surface area (Å²) in [4.78, 5) is 15.5. The normalized spacial score (nSPS) is 11.5. The molecule has 0 atom stereocenters. The molecule has 6 nitrogen and oxygen atoms in total. The van der Waals surface area contributed by atoms with Crippen molar-refractivity contribution in [3.8, 4) is 11.5 Å². The molecule has 25 heavy (non-hydrogen) atoms. The summed E-state index contributed by atoms with van der Waals surface area (Å²) >= 11 is 0. The molecule has 0 fully saturated rings. The molecule has 0 spiro atoms. The van der Waals surface area contributed by atoms with Crippen LogP contribution in [0.15, 0.2) is 46.9 Å². The smallest absolute Gasteiger partial charge is 0.223 e. The quantitative estimate of drug-likeness (QED) is 0.687. The molecular weight excluding hydrogens is 322 g/mol. The minimum absolute atomic E-state index is 0.239.